The summed E-state index contributed by atoms with van der Waals surface area (Å²) in [5.74, 6) is -0.996. The SMILES string of the molecule is CCN(CCCO)C(=O)N1CCc2ccc(C(=O)O)cc21. The molecule has 21 heavy (non-hydrogen) atoms. The van der Waals surface area contributed by atoms with Crippen LogP contribution in [-0.4, -0.2) is 53.4 Å². The van der Waals surface area contributed by atoms with Gasteiger partial charge in [0, 0.05) is 31.9 Å². The van der Waals surface area contributed by atoms with E-state index in [-0.39, 0.29) is 18.2 Å². The van der Waals surface area contributed by atoms with E-state index < -0.39 is 5.97 Å². The molecule has 1 aromatic rings. The lowest BCUT2D eigenvalue weighted by atomic mass is 10.1. The topological polar surface area (TPSA) is 81.1 Å². The summed E-state index contributed by atoms with van der Waals surface area (Å²) in [6.45, 7) is 3.55. The third-order valence-electron chi connectivity index (χ3n) is 3.70. The van der Waals surface area contributed by atoms with Gasteiger partial charge >= 0.3 is 12.0 Å². The number of benzene rings is 1. The van der Waals surface area contributed by atoms with E-state index >= 15 is 0 Å². The monoisotopic (exact) mass is 292 g/mol. The van der Waals surface area contributed by atoms with Crippen molar-refractivity contribution in [3.8, 4) is 0 Å². The Morgan fingerprint density at radius 1 is 1.38 bits per heavy atom. The number of carboxylic acid groups (broad SMARTS) is 1. The van der Waals surface area contributed by atoms with Crippen molar-refractivity contribution in [2.75, 3.05) is 31.1 Å². The number of aromatic carboxylic acids is 1. The van der Waals surface area contributed by atoms with Crippen molar-refractivity contribution < 1.29 is 19.8 Å². The quantitative estimate of drug-likeness (QED) is 0.863. The number of rotatable bonds is 5. The second-order valence-electron chi connectivity index (χ2n) is 4.99. The van der Waals surface area contributed by atoms with Crippen LogP contribution >= 0.6 is 0 Å². The molecule has 0 atom stereocenters. The number of carbonyl (C=O) groups excluding carboxylic acids is 1. The molecule has 6 heteroatoms. The molecule has 1 aliphatic heterocycles. The van der Waals surface area contributed by atoms with E-state index in [4.69, 9.17) is 10.2 Å². The molecule has 6 nitrogen and oxygen atoms in total. The Labute approximate surface area is 123 Å². The number of anilines is 1. The number of hydrogen-bond donors (Lipinski definition) is 2. The zero-order valence-electron chi connectivity index (χ0n) is 12.1. The molecule has 1 aromatic carbocycles. The lowest BCUT2D eigenvalue weighted by molar-refractivity contribution is 0.0697. The predicted octanol–water partition coefficient (Wildman–Crippen LogP) is 1.57. The van der Waals surface area contributed by atoms with E-state index in [1.807, 2.05) is 6.92 Å². The highest BCUT2D eigenvalue weighted by Gasteiger charge is 2.28. The molecular weight excluding hydrogens is 272 g/mol. The lowest BCUT2D eigenvalue weighted by Gasteiger charge is -2.27. The number of amides is 2. The molecule has 0 spiro atoms. The first-order valence-electron chi connectivity index (χ1n) is 7.12. The van der Waals surface area contributed by atoms with E-state index in [2.05, 4.69) is 0 Å². The Bertz CT molecular complexity index is 544. The molecule has 0 radical (unpaired) electrons. The minimum Gasteiger partial charge on any atom is -0.478 e. The van der Waals surface area contributed by atoms with E-state index in [0.29, 0.717) is 31.7 Å². The maximum atomic E-state index is 12.5. The van der Waals surface area contributed by atoms with Crippen LogP contribution in [-0.2, 0) is 6.42 Å². The van der Waals surface area contributed by atoms with E-state index in [1.165, 1.54) is 0 Å². The van der Waals surface area contributed by atoms with E-state index in [0.717, 1.165) is 12.0 Å². The molecule has 1 aliphatic rings. The molecule has 0 aliphatic carbocycles. The molecule has 0 bridgehead atoms. The third-order valence-corrected chi connectivity index (χ3v) is 3.70. The van der Waals surface area contributed by atoms with Crippen LogP contribution in [0.1, 0.15) is 29.3 Å². The molecule has 0 saturated heterocycles. The van der Waals surface area contributed by atoms with Crippen molar-refractivity contribution in [3.63, 3.8) is 0 Å². The fourth-order valence-electron chi connectivity index (χ4n) is 2.53. The van der Waals surface area contributed by atoms with Crippen LogP contribution in [0.2, 0.25) is 0 Å². The maximum Gasteiger partial charge on any atom is 0.335 e. The second-order valence-corrected chi connectivity index (χ2v) is 4.99. The van der Waals surface area contributed by atoms with Gasteiger partial charge in [-0.25, -0.2) is 9.59 Å². The van der Waals surface area contributed by atoms with Gasteiger partial charge in [-0.05, 0) is 37.5 Å². The van der Waals surface area contributed by atoms with Crippen molar-refractivity contribution in [1.29, 1.82) is 0 Å². The summed E-state index contributed by atoms with van der Waals surface area (Å²) in [5, 5.41) is 18.0. The van der Waals surface area contributed by atoms with Gasteiger partial charge in [-0.15, -0.1) is 0 Å². The van der Waals surface area contributed by atoms with Gasteiger partial charge in [-0.3, -0.25) is 4.90 Å². The number of urea groups is 1. The summed E-state index contributed by atoms with van der Waals surface area (Å²) in [7, 11) is 0. The number of carboxylic acids is 1. The smallest absolute Gasteiger partial charge is 0.335 e. The zero-order chi connectivity index (χ0) is 15.4. The molecule has 0 fully saturated rings. The average molecular weight is 292 g/mol. The summed E-state index contributed by atoms with van der Waals surface area (Å²) in [5.41, 5.74) is 1.86. The molecule has 2 N–H and O–H groups in total. The Hall–Kier alpha value is -2.08. The highest BCUT2D eigenvalue weighted by atomic mass is 16.4. The number of aliphatic hydroxyl groups is 1. The maximum absolute atomic E-state index is 12.5. The fourth-order valence-corrected chi connectivity index (χ4v) is 2.53. The summed E-state index contributed by atoms with van der Waals surface area (Å²) in [6, 6.07) is 4.77. The van der Waals surface area contributed by atoms with Crippen LogP contribution in [0.5, 0.6) is 0 Å². The van der Waals surface area contributed by atoms with Crippen LogP contribution in [0.15, 0.2) is 18.2 Å². The molecule has 0 aromatic heterocycles. The van der Waals surface area contributed by atoms with Gasteiger partial charge in [0.25, 0.3) is 0 Å². The second kappa shape index (κ2) is 6.58. The normalized spacial score (nSPS) is 13.1. The summed E-state index contributed by atoms with van der Waals surface area (Å²) < 4.78 is 0. The predicted molar refractivity (Wildman–Crippen MR) is 78.8 cm³/mol. The van der Waals surface area contributed by atoms with Crippen LogP contribution in [0.4, 0.5) is 10.5 Å². The molecular formula is C15H20N2O4. The van der Waals surface area contributed by atoms with Gasteiger partial charge in [-0.2, -0.15) is 0 Å². The first kappa shape index (κ1) is 15.3. The van der Waals surface area contributed by atoms with E-state index in [9.17, 15) is 9.59 Å². The van der Waals surface area contributed by atoms with Crippen molar-refractivity contribution >= 4 is 17.7 Å². The first-order valence-corrected chi connectivity index (χ1v) is 7.12. The first-order chi connectivity index (χ1) is 10.1. The zero-order valence-corrected chi connectivity index (χ0v) is 12.1. The molecule has 1 heterocycles. The number of aliphatic hydroxyl groups excluding tert-OH is 1. The van der Waals surface area contributed by atoms with Crippen molar-refractivity contribution in [2.24, 2.45) is 0 Å². The summed E-state index contributed by atoms with van der Waals surface area (Å²) >= 11 is 0. The van der Waals surface area contributed by atoms with E-state index in [1.54, 1.807) is 28.0 Å². The molecule has 0 saturated carbocycles. The summed E-state index contributed by atoms with van der Waals surface area (Å²) in [4.78, 5) is 26.9. The van der Waals surface area contributed by atoms with Gasteiger partial charge in [0.2, 0.25) is 0 Å². The number of hydrogen-bond acceptors (Lipinski definition) is 3. The molecule has 2 rings (SSSR count). The van der Waals surface area contributed by atoms with Crippen LogP contribution in [0, 0.1) is 0 Å². The molecule has 0 unspecified atom stereocenters. The van der Waals surface area contributed by atoms with Crippen molar-refractivity contribution in [2.45, 2.75) is 19.8 Å². The number of carbonyl (C=O) groups is 2. The third kappa shape index (κ3) is 3.16. The van der Waals surface area contributed by atoms with Gasteiger partial charge in [-0.1, -0.05) is 6.07 Å². The Morgan fingerprint density at radius 3 is 2.76 bits per heavy atom. The van der Waals surface area contributed by atoms with Gasteiger partial charge in [0.05, 0.1) is 5.56 Å². The Kier molecular flexibility index (Phi) is 4.80. The van der Waals surface area contributed by atoms with Crippen LogP contribution in [0.25, 0.3) is 0 Å². The minimum atomic E-state index is -0.996. The number of nitrogens with zero attached hydrogens (tertiary/aromatic N) is 2. The standard InChI is InChI=1S/C15H20N2O4/c1-2-16(7-3-9-18)15(21)17-8-6-11-4-5-12(14(19)20)10-13(11)17/h4-5,10,18H,2-3,6-9H2,1H3,(H,19,20). The van der Waals surface area contributed by atoms with Gasteiger partial charge in [0.1, 0.15) is 0 Å². The lowest BCUT2D eigenvalue weighted by Crippen LogP contribution is -2.43. The minimum absolute atomic E-state index is 0.0452. The van der Waals surface area contributed by atoms with Gasteiger partial charge in [0.15, 0.2) is 0 Å². The largest absolute Gasteiger partial charge is 0.478 e. The molecule has 114 valence electrons. The van der Waals surface area contributed by atoms with Crippen molar-refractivity contribution in [3.05, 3.63) is 29.3 Å². The fraction of sp³-hybridized carbons (Fsp3) is 0.467. The Morgan fingerprint density at radius 2 is 2.14 bits per heavy atom. The molecule has 2 amide bonds. The van der Waals surface area contributed by atoms with Crippen LogP contribution in [0.3, 0.4) is 0 Å². The number of fused-ring (bicyclic) bond motifs is 1. The average Bonchev–Trinajstić information content (AvgIpc) is 2.90. The Balaban J connectivity index is 2.22. The van der Waals surface area contributed by atoms with Crippen molar-refractivity contribution in [1.82, 2.24) is 4.90 Å². The highest BCUT2D eigenvalue weighted by Crippen LogP contribution is 2.30. The highest BCUT2D eigenvalue weighted by molar-refractivity contribution is 5.97. The van der Waals surface area contributed by atoms with Gasteiger partial charge < -0.3 is 15.1 Å². The summed E-state index contributed by atoms with van der Waals surface area (Å²) in [6.07, 6.45) is 1.27. The van der Waals surface area contributed by atoms with Crippen LogP contribution < -0.4 is 4.90 Å².